The number of fused-ring (bicyclic) bond motifs is 3. The highest BCUT2D eigenvalue weighted by atomic mass is 32.1. The van der Waals surface area contributed by atoms with Gasteiger partial charge >= 0.3 is 5.97 Å². The number of carbonyl (C=O) groups excluding carboxylic acids is 3. The van der Waals surface area contributed by atoms with Gasteiger partial charge in [0, 0.05) is 66.2 Å². The standard InChI is InChI=1S/C35H33FN4O5S/c1-2-45-34(43)29-18-23-11-15-40(28-19-24(36)7-10-26(28)30(23)46-29)33(42)22-5-8-25(9-6-22)38-32(41)27-4-3-14-37-31(27)39-20-35(21-39)12-16-44-17-13-35/h3-10,14,18-19H,2,11-13,15-17,20-21H2,1H3,(H,38,41). The first-order valence-corrected chi connectivity index (χ1v) is 16.3. The third kappa shape index (κ3) is 5.65. The lowest BCUT2D eigenvalue weighted by Crippen LogP contribution is -2.59. The summed E-state index contributed by atoms with van der Waals surface area (Å²) in [6.07, 6.45) is 4.23. The first-order chi connectivity index (χ1) is 22.3. The average molecular weight is 641 g/mol. The summed E-state index contributed by atoms with van der Waals surface area (Å²) in [5.41, 5.74) is 3.70. The van der Waals surface area contributed by atoms with Crippen LogP contribution in [0.3, 0.4) is 0 Å². The van der Waals surface area contributed by atoms with E-state index in [2.05, 4.69) is 15.2 Å². The van der Waals surface area contributed by atoms with Crippen LogP contribution in [0.2, 0.25) is 0 Å². The number of anilines is 3. The zero-order chi connectivity index (χ0) is 31.8. The van der Waals surface area contributed by atoms with Gasteiger partial charge in [-0.3, -0.25) is 9.59 Å². The molecule has 9 nitrogen and oxygen atoms in total. The second-order valence-corrected chi connectivity index (χ2v) is 13.0. The summed E-state index contributed by atoms with van der Waals surface area (Å²) in [6, 6.07) is 16.4. The van der Waals surface area contributed by atoms with Crippen molar-refractivity contribution in [2.24, 2.45) is 5.41 Å². The van der Waals surface area contributed by atoms with E-state index in [1.54, 1.807) is 66.6 Å². The van der Waals surface area contributed by atoms with E-state index in [9.17, 15) is 18.8 Å². The molecule has 236 valence electrons. The van der Waals surface area contributed by atoms with E-state index < -0.39 is 11.8 Å². The molecule has 1 N–H and O–H groups in total. The van der Waals surface area contributed by atoms with Crippen LogP contribution < -0.4 is 15.1 Å². The average Bonchev–Trinajstić information content (AvgIpc) is 3.42. The van der Waals surface area contributed by atoms with Crippen molar-refractivity contribution in [3.05, 3.63) is 94.2 Å². The Hall–Kier alpha value is -4.61. The summed E-state index contributed by atoms with van der Waals surface area (Å²) >= 11 is 1.29. The van der Waals surface area contributed by atoms with Crippen LogP contribution in [-0.2, 0) is 15.9 Å². The number of hydrogen-bond donors (Lipinski definition) is 1. The minimum atomic E-state index is -0.462. The fourth-order valence-electron chi connectivity index (χ4n) is 6.54. The molecule has 5 heterocycles. The van der Waals surface area contributed by atoms with Crippen molar-refractivity contribution in [1.82, 2.24) is 4.98 Å². The van der Waals surface area contributed by atoms with Crippen LogP contribution in [0.15, 0.2) is 66.9 Å². The minimum Gasteiger partial charge on any atom is -0.462 e. The molecule has 2 aromatic heterocycles. The molecule has 46 heavy (non-hydrogen) atoms. The van der Waals surface area contributed by atoms with Crippen molar-refractivity contribution in [2.45, 2.75) is 26.2 Å². The predicted molar refractivity (Wildman–Crippen MR) is 174 cm³/mol. The number of nitrogens with zero attached hydrogens (tertiary/aromatic N) is 3. The number of benzene rings is 2. The van der Waals surface area contributed by atoms with Crippen LogP contribution in [-0.4, -0.2) is 62.2 Å². The summed E-state index contributed by atoms with van der Waals surface area (Å²) in [7, 11) is 0. The van der Waals surface area contributed by atoms with Crippen molar-refractivity contribution in [3.63, 3.8) is 0 Å². The molecular formula is C35H33FN4O5S. The van der Waals surface area contributed by atoms with Crippen molar-refractivity contribution >= 4 is 46.3 Å². The summed E-state index contributed by atoms with van der Waals surface area (Å²) in [5, 5.41) is 2.95. The number of hydrogen-bond acceptors (Lipinski definition) is 8. The maximum absolute atomic E-state index is 14.5. The Labute approximate surface area is 270 Å². The molecule has 0 bridgehead atoms. The number of rotatable bonds is 6. The van der Waals surface area contributed by atoms with E-state index in [1.165, 1.54) is 23.5 Å². The highest BCUT2D eigenvalue weighted by Crippen LogP contribution is 2.43. The molecule has 7 rings (SSSR count). The molecule has 0 radical (unpaired) electrons. The third-order valence-corrected chi connectivity index (χ3v) is 10.1. The first kappa shape index (κ1) is 30.1. The second-order valence-electron chi connectivity index (χ2n) is 11.9. The number of esters is 1. The van der Waals surface area contributed by atoms with Crippen LogP contribution in [0.5, 0.6) is 0 Å². The Morgan fingerprint density at radius 2 is 1.85 bits per heavy atom. The number of carbonyl (C=O) groups is 3. The lowest BCUT2D eigenvalue weighted by atomic mass is 9.73. The van der Waals surface area contributed by atoms with Crippen LogP contribution in [0.1, 0.15) is 55.7 Å². The Morgan fingerprint density at radius 3 is 2.61 bits per heavy atom. The fraction of sp³-hybridized carbons (Fsp3) is 0.314. The highest BCUT2D eigenvalue weighted by molar-refractivity contribution is 7.17. The number of ether oxygens (including phenoxy) is 2. The first-order valence-electron chi connectivity index (χ1n) is 15.4. The van der Waals surface area contributed by atoms with Gasteiger partial charge in [-0.1, -0.05) is 0 Å². The van der Waals surface area contributed by atoms with Gasteiger partial charge < -0.3 is 24.6 Å². The molecule has 1 spiro atoms. The molecule has 0 saturated carbocycles. The number of halogens is 1. The molecule has 3 aliphatic rings. The van der Waals surface area contributed by atoms with Gasteiger partial charge in [-0.25, -0.2) is 14.2 Å². The molecular weight excluding hydrogens is 607 g/mol. The van der Waals surface area contributed by atoms with Crippen molar-refractivity contribution < 1.29 is 28.2 Å². The second kappa shape index (κ2) is 12.3. The maximum atomic E-state index is 14.5. The van der Waals surface area contributed by atoms with E-state index in [0.717, 1.165) is 49.6 Å². The maximum Gasteiger partial charge on any atom is 0.348 e. The lowest BCUT2D eigenvalue weighted by Gasteiger charge is -2.53. The molecule has 0 aliphatic carbocycles. The SMILES string of the molecule is CCOC(=O)c1cc2c(s1)-c1ccc(F)cc1N(C(=O)c1ccc(NC(=O)c3cccnc3N3CC4(CCOCC4)C3)cc1)CC2. The van der Waals surface area contributed by atoms with Gasteiger partial charge in [-0.2, -0.15) is 0 Å². The Kier molecular flexibility index (Phi) is 8.04. The van der Waals surface area contributed by atoms with E-state index in [-0.39, 0.29) is 23.8 Å². The predicted octanol–water partition coefficient (Wildman–Crippen LogP) is 6.20. The molecule has 0 unspecified atom stereocenters. The van der Waals surface area contributed by atoms with Gasteiger partial charge in [-0.15, -0.1) is 11.3 Å². The van der Waals surface area contributed by atoms with Crippen LogP contribution in [0.4, 0.5) is 21.6 Å². The van der Waals surface area contributed by atoms with Gasteiger partial charge in [0.2, 0.25) is 0 Å². The van der Waals surface area contributed by atoms with E-state index in [0.29, 0.717) is 51.7 Å². The Balaban J connectivity index is 1.07. The zero-order valence-corrected chi connectivity index (χ0v) is 26.2. The summed E-state index contributed by atoms with van der Waals surface area (Å²) in [4.78, 5) is 49.1. The number of aromatic nitrogens is 1. The number of amides is 2. The number of nitrogens with one attached hydrogen (secondary N) is 1. The highest BCUT2D eigenvalue weighted by Gasteiger charge is 2.45. The topological polar surface area (TPSA) is 101 Å². The normalized spacial score (nSPS) is 16.6. The molecule has 11 heteroatoms. The smallest absolute Gasteiger partial charge is 0.348 e. The largest absolute Gasteiger partial charge is 0.462 e. The van der Waals surface area contributed by atoms with Gasteiger partial charge in [0.15, 0.2) is 0 Å². The van der Waals surface area contributed by atoms with Crippen LogP contribution in [0, 0.1) is 11.2 Å². The van der Waals surface area contributed by atoms with Crippen LogP contribution >= 0.6 is 11.3 Å². The quantitative estimate of drug-likeness (QED) is 0.251. The van der Waals surface area contributed by atoms with Gasteiger partial charge in [0.25, 0.3) is 11.8 Å². The summed E-state index contributed by atoms with van der Waals surface area (Å²) in [5.74, 6) is -0.761. The van der Waals surface area contributed by atoms with Crippen molar-refractivity contribution in [1.29, 1.82) is 0 Å². The Morgan fingerprint density at radius 1 is 1.07 bits per heavy atom. The Bertz CT molecular complexity index is 1810. The van der Waals surface area contributed by atoms with E-state index in [4.69, 9.17) is 9.47 Å². The molecule has 2 amide bonds. The fourth-order valence-corrected chi connectivity index (χ4v) is 7.68. The number of pyridine rings is 1. The van der Waals surface area contributed by atoms with Gasteiger partial charge in [0.05, 0.1) is 17.9 Å². The molecule has 0 atom stereocenters. The molecule has 3 aliphatic heterocycles. The van der Waals surface area contributed by atoms with Crippen molar-refractivity contribution in [2.75, 3.05) is 54.6 Å². The van der Waals surface area contributed by atoms with Gasteiger partial charge in [-0.05, 0) is 92.4 Å². The van der Waals surface area contributed by atoms with E-state index >= 15 is 0 Å². The summed E-state index contributed by atoms with van der Waals surface area (Å²) < 4.78 is 25.2. The monoisotopic (exact) mass is 640 g/mol. The minimum absolute atomic E-state index is 0.239. The lowest BCUT2D eigenvalue weighted by molar-refractivity contribution is -0.000511. The van der Waals surface area contributed by atoms with Gasteiger partial charge in [0.1, 0.15) is 16.5 Å². The summed E-state index contributed by atoms with van der Waals surface area (Å²) in [6.45, 7) is 5.59. The zero-order valence-electron chi connectivity index (χ0n) is 25.4. The number of thiophene rings is 1. The van der Waals surface area contributed by atoms with Crippen LogP contribution in [0.25, 0.3) is 10.4 Å². The molecule has 2 aromatic carbocycles. The molecule has 2 saturated heterocycles. The molecule has 2 fully saturated rings. The molecule has 4 aromatic rings. The van der Waals surface area contributed by atoms with E-state index in [1.807, 2.05) is 0 Å². The van der Waals surface area contributed by atoms with Crippen molar-refractivity contribution in [3.8, 4) is 10.4 Å². The third-order valence-electron chi connectivity index (χ3n) is 8.96.